The average molecular weight is 387 g/mol. The van der Waals surface area contributed by atoms with E-state index in [9.17, 15) is 25.4 Å². The van der Waals surface area contributed by atoms with Crippen molar-refractivity contribution < 1.29 is 25.0 Å². The van der Waals surface area contributed by atoms with Gasteiger partial charge >= 0.3 is 0 Å². The van der Waals surface area contributed by atoms with Crippen molar-refractivity contribution >= 4 is 16.9 Å². The van der Waals surface area contributed by atoms with Gasteiger partial charge in [0.1, 0.15) is 30.2 Å². The van der Waals surface area contributed by atoms with Gasteiger partial charge in [0.25, 0.3) is 5.69 Å². The first-order valence-electron chi connectivity index (χ1n) is 8.51. The number of ether oxygens (including phenoxy) is 1. The predicted octanol–water partition coefficient (Wildman–Crippen LogP) is -0.0632. The highest BCUT2D eigenvalue weighted by Crippen LogP contribution is 2.31. The Bertz CT molecular complexity index is 1010. The van der Waals surface area contributed by atoms with Crippen molar-refractivity contribution in [3.8, 4) is 0 Å². The number of aliphatic hydroxyl groups excluding tert-OH is 3. The summed E-state index contributed by atoms with van der Waals surface area (Å²) in [5.41, 5.74) is 2.31. The summed E-state index contributed by atoms with van der Waals surface area (Å²) in [5.74, 6) is 0. The molecule has 0 aliphatic carbocycles. The number of hydrogen-bond donors (Lipinski definition) is 3. The molecule has 1 saturated heterocycles. The Morgan fingerprint density at radius 3 is 2.54 bits per heavy atom. The summed E-state index contributed by atoms with van der Waals surface area (Å²) in [5, 5.41) is 40.2. The largest absolute Gasteiger partial charge is 0.394 e. The third kappa shape index (κ3) is 3.10. The predicted molar refractivity (Wildman–Crippen MR) is 94.2 cm³/mol. The minimum absolute atomic E-state index is 0.00484. The molecule has 0 amide bonds. The molecule has 3 N–H and O–H groups in total. The van der Waals surface area contributed by atoms with Crippen LogP contribution in [0.1, 0.15) is 17.5 Å². The second kappa shape index (κ2) is 7.20. The molecule has 28 heavy (non-hydrogen) atoms. The number of aliphatic hydroxyl groups is 3. The first kappa shape index (κ1) is 18.4. The van der Waals surface area contributed by atoms with E-state index in [1.54, 1.807) is 12.1 Å². The molecule has 0 unspecified atom stereocenters. The van der Waals surface area contributed by atoms with Gasteiger partial charge in [-0.3, -0.25) is 14.7 Å². The van der Waals surface area contributed by atoms with Crippen LogP contribution in [0.2, 0.25) is 0 Å². The monoisotopic (exact) mass is 387 g/mol. The van der Waals surface area contributed by atoms with E-state index in [1.165, 1.54) is 29.4 Å². The van der Waals surface area contributed by atoms with Crippen LogP contribution < -0.4 is 0 Å². The molecule has 1 fully saturated rings. The fourth-order valence-electron chi connectivity index (χ4n) is 3.25. The van der Waals surface area contributed by atoms with Crippen LogP contribution in [0.5, 0.6) is 0 Å². The van der Waals surface area contributed by atoms with Crippen molar-refractivity contribution in [2.24, 2.45) is 0 Å². The smallest absolute Gasteiger partial charge is 0.269 e. The summed E-state index contributed by atoms with van der Waals surface area (Å²) in [6.45, 7) is -0.429. The third-order valence-electron chi connectivity index (χ3n) is 4.74. The highest BCUT2D eigenvalue weighted by Gasteiger charge is 2.44. The van der Waals surface area contributed by atoms with Gasteiger partial charge in [0.2, 0.25) is 0 Å². The van der Waals surface area contributed by atoms with E-state index < -0.39 is 36.1 Å². The van der Waals surface area contributed by atoms with Crippen molar-refractivity contribution in [1.82, 2.24) is 19.5 Å². The molecule has 1 aliphatic rings. The molecule has 11 heteroatoms. The highest BCUT2D eigenvalue weighted by atomic mass is 16.6. The van der Waals surface area contributed by atoms with Gasteiger partial charge in [-0.1, -0.05) is 12.1 Å². The number of nitro groups is 1. The Labute approximate surface area is 158 Å². The molecular weight excluding hydrogens is 370 g/mol. The molecule has 0 bridgehead atoms. The van der Waals surface area contributed by atoms with Crippen molar-refractivity contribution in [2.45, 2.75) is 31.0 Å². The Morgan fingerprint density at radius 2 is 1.89 bits per heavy atom. The summed E-state index contributed by atoms with van der Waals surface area (Å²) in [7, 11) is 0. The molecule has 3 aromatic rings. The second-order valence-electron chi connectivity index (χ2n) is 6.47. The van der Waals surface area contributed by atoms with E-state index >= 15 is 0 Å². The van der Waals surface area contributed by atoms with E-state index in [0.717, 1.165) is 5.56 Å². The number of hydrogen-bond acceptors (Lipinski definition) is 9. The van der Waals surface area contributed by atoms with Gasteiger partial charge in [-0.05, 0) is 5.56 Å². The number of nitrogens with zero attached hydrogens (tertiary/aromatic N) is 5. The van der Waals surface area contributed by atoms with Crippen LogP contribution >= 0.6 is 0 Å². The lowest BCUT2D eigenvalue weighted by molar-refractivity contribution is -0.384. The van der Waals surface area contributed by atoms with Crippen LogP contribution in [0, 0.1) is 10.1 Å². The first-order valence-corrected chi connectivity index (χ1v) is 8.51. The zero-order chi connectivity index (χ0) is 19.8. The number of imidazole rings is 1. The summed E-state index contributed by atoms with van der Waals surface area (Å²) in [4.78, 5) is 23.1. The lowest BCUT2D eigenvalue weighted by atomic mass is 10.1. The molecule has 1 aliphatic heterocycles. The minimum atomic E-state index is -1.25. The number of rotatable bonds is 5. The van der Waals surface area contributed by atoms with E-state index in [0.29, 0.717) is 23.3 Å². The highest BCUT2D eigenvalue weighted by molar-refractivity contribution is 5.73. The van der Waals surface area contributed by atoms with Crippen LogP contribution in [0.25, 0.3) is 11.2 Å². The second-order valence-corrected chi connectivity index (χ2v) is 6.47. The minimum Gasteiger partial charge on any atom is -0.394 e. The number of benzene rings is 1. The number of nitro benzene ring substituents is 1. The molecular formula is C17H17N5O6. The maximum atomic E-state index is 10.8. The van der Waals surface area contributed by atoms with Gasteiger partial charge in [-0.2, -0.15) is 0 Å². The first-order chi connectivity index (χ1) is 13.5. The molecule has 2 aromatic heterocycles. The number of non-ortho nitro benzene ring substituents is 1. The lowest BCUT2D eigenvalue weighted by Gasteiger charge is -2.16. The number of aromatic nitrogens is 4. The van der Waals surface area contributed by atoms with Gasteiger partial charge in [-0.25, -0.2) is 15.0 Å². The van der Waals surface area contributed by atoms with Crippen LogP contribution in [-0.2, 0) is 11.2 Å². The Hall–Kier alpha value is -2.99. The van der Waals surface area contributed by atoms with Crippen molar-refractivity contribution in [1.29, 1.82) is 0 Å². The van der Waals surface area contributed by atoms with Crippen molar-refractivity contribution in [3.05, 3.63) is 58.3 Å². The fourth-order valence-corrected chi connectivity index (χ4v) is 3.25. The SMILES string of the molecule is O=[N+]([O-])c1ccc(Cc2ncnc3c2ncn3[C@@H]2O[C@@H](CO)[C@@H](O)[C@@H]2O)cc1. The van der Waals surface area contributed by atoms with E-state index in [-0.39, 0.29) is 5.69 Å². The fraction of sp³-hybridized carbons (Fsp3) is 0.353. The van der Waals surface area contributed by atoms with Crippen molar-refractivity contribution in [2.75, 3.05) is 6.61 Å². The molecule has 0 saturated carbocycles. The topological polar surface area (TPSA) is 157 Å². The molecule has 4 atom stereocenters. The zero-order valence-electron chi connectivity index (χ0n) is 14.5. The summed E-state index contributed by atoms with van der Waals surface area (Å²) in [6, 6.07) is 6.14. The van der Waals surface area contributed by atoms with Crippen LogP contribution in [0.4, 0.5) is 5.69 Å². The van der Waals surface area contributed by atoms with Crippen LogP contribution in [-0.4, -0.2) is 64.7 Å². The quantitative estimate of drug-likeness (QED) is 0.403. The van der Waals surface area contributed by atoms with Crippen LogP contribution in [0.3, 0.4) is 0 Å². The molecule has 0 spiro atoms. The van der Waals surface area contributed by atoms with Crippen molar-refractivity contribution in [3.63, 3.8) is 0 Å². The Morgan fingerprint density at radius 1 is 1.14 bits per heavy atom. The summed E-state index contributed by atoms with van der Waals surface area (Å²) >= 11 is 0. The number of fused-ring (bicyclic) bond motifs is 1. The lowest BCUT2D eigenvalue weighted by Crippen LogP contribution is -2.33. The van der Waals surface area contributed by atoms with Crippen LogP contribution in [0.15, 0.2) is 36.9 Å². The van der Waals surface area contributed by atoms with E-state index in [4.69, 9.17) is 4.74 Å². The maximum absolute atomic E-state index is 10.8. The summed E-state index contributed by atoms with van der Waals surface area (Å²) in [6.07, 6.45) is -1.17. The molecule has 0 radical (unpaired) electrons. The molecule has 11 nitrogen and oxygen atoms in total. The van der Waals surface area contributed by atoms with E-state index in [2.05, 4.69) is 15.0 Å². The normalized spacial score (nSPS) is 24.7. The molecule has 3 heterocycles. The van der Waals surface area contributed by atoms with Gasteiger partial charge in [0, 0.05) is 18.6 Å². The van der Waals surface area contributed by atoms with Gasteiger partial charge < -0.3 is 20.1 Å². The standard InChI is InChI=1S/C17H17N5O6/c23-6-12-14(24)15(25)17(28-12)21-8-20-13-11(18-7-19-16(13)21)5-9-1-3-10(4-2-9)22(26)27/h1-4,7-8,12,14-15,17,23-25H,5-6H2/t12-,14+,15-,17+/m0/s1. The van der Waals surface area contributed by atoms with Gasteiger partial charge in [-0.15, -0.1) is 0 Å². The summed E-state index contributed by atoms with van der Waals surface area (Å²) < 4.78 is 7.02. The maximum Gasteiger partial charge on any atom is 0.269 e. The van der Waals surface area contributed by atoms with E-state index in [1.807, 2.05) is 0 Å². The Balaban J connectivity index is 1.65. The van der Waals surface area contributed by atoms with Gasteiger partial charge in [0.05, 0.1) is 23.6 Å². The zero-order valence-corrected chi connectivity index (χ0v) is 14.5. The Kier molecular flexibility index (Phi) is 4.73. The molecule has 1 aromatic carbocycles. The molecule has 4 rings (SSSR count). The third-order valence-corrected chi connectivity index (χ3v) is 4.74. The molecule has 146 valence electrons. The van der Waals surface area contributed by atoms with Gasteiger partial charge in [0.15, 0.2) is 11.9 Å². The average Bonchev–Trinajstić information content (AvgIpc) is 3.24.